The molecule has 1 fully saturated rings. The van der Waals surface area contributed by atoms with Crippen LogP contribution in [0.4, 0.5) is 4.39 Å². The van der Waals surface area contributed by atoms with Crippen molar-refractivity contribution in [2.45, 2.75) is 37.8 Å². The molecule has 0 radical (unpaired) electrons. The van der Waals surface area contributed by atoms with Crippen LogP contribution in [-0.2, 0) is 5.41 Å². The van der Waals surface area contributed by atoms with E-state index in [1.807, 2.05) is 18.2 Å². The van der Waals surface area contributed by atoms with Gasteiger partial charge in [-0.3, -0.25) is 4.79 Å². The summed E-state index contributed by atoms with van der Waals surface area (Å²) in [5.74, 6) is 0. The molecule has 0 saturated heterocycles. The minimum absolute atomic E-state index is 0.426. The maximum atomic E-state index is 14.1. The van der Waals surface area contributed by atoms with Gasteiger partial charge >= 0.3 is 0 Å². The lowest BCUT2D eigenvalue weighted by Gasteiger charge is -2.28. The Morgan fingerprint density at radius 3 is 2.40 bits per heavy atom. The van der Waals surface area contributed by atoms with Crippen molar-refractivity contribution in [3.63, 3.8) is 0 Å². The fraction of sp³-hybridized carbons (Fsp3) is 0.462. The molecule has 0 aliphatic heterocycles. The molecule has 0 bridgehead atoms. The predicted molar refractivity (Wildman–Crippen MR) is 57.9 cm³/mol. The van der Waals surface area contributed by atoms with E-state index in [4.69, 9.17) is 0 Å². The Hall–Kier alpha value is -1.18. The minimum atomic E-state index is -1.26. The number of aldehydes is 1. The van der Waals surface area contributed by atoms with E-state index in [0.717, 1.165) is 24.7 Å². The zero-order valence-corrected chi connectivity index (χ0v) is 9.09. The molecule has 80 valence electrons. The van der Waals surface area contributed by atoms with Gasteiger partial charge in [0.2, 0.25) is 0 Å². The van der Waals surface area contributed by atoms with Crippen LogP contribution in [0.25, 0.3) is 0 Å². The second kappa shape index (κ2) is 3.16. The molecule has 2 rings (SSSR count). The largest absolute Gasteiger partial charge is 0.298 e. The highest BCUT2D eigenvalue weighted by atomic mass is 19.1. The lowest BCUT2D eigenvalue weighted by atomic mass is 9.80. The standard InChI is InChI=1S/C13H15FO/c1-12(2,14)13(7-8-13)11-6-4-3-5-10(11)9-15/h3-6,9H,7-8H2,1-2H3. The molecule has 0 aromatic heterocycles. The average molecular weight is 206 g/mol. The van der Waals surface area contributed by atoms with Gasteiger partial charge in [-0.05, 0) is 32.3 Å². The molecule has 15 heavy (non-hydrogen) atoms. The number of hydrogen-bond acceptors (Lipinski definition) is 1. The van der Waals surface area contributed by atoms with Crippen LogP contribution < -0.4 is 0 Å². The summed E-state index contributed by atoms with van der Waals surface area (Å²) in [5.41, 5.74) is -0.190. The summed E-state index contributed by atoms with van der Waals surface area (Å²) < 4.78 is 14.1. The zero-order chi connectivity index (χ0) is 11.1. The van der Waals surface area contributed by atoms with Crippen molar-refractivity contribution in [1.82, 2.24) is 0 Å². The van der Waals surface area contributed by atoms with Crippen LogP contribution in [0.5, 0.6) is 0 Å². The molecular formula is C13H15FO. The molecule has 1 aliphatic carbocycles. The van der Waals surface area contributed by atoms with E-state index in [-0.39, 0.29) is 0 Å². The van der Waals surface area contributed by atoms with Crippen LogP contribution in [0, 0.1) is 0 Å². The molecule has 1 aromatic carbocycles. The molecule has 1 nitrogen and oxygen atoms in total. The van der Waals surface area contributed by atoms with E-state index in [2.05, 4.69) is 0 Å². The summed E-state index contributed by atoms with van der Waals surface area (Å²) in [6, 6.07) is 7.31. The van der Waals surface area contributed by atoms with Crippen molar-refractivity contribution in [3.05, 3.63) is 35.4 Å². The van der Waals surface area contributed by atoms with Gasteiger partial charge in [0, 0.05) is 11.0 Å². The SMILES string of the molecule is CC(C)(F)C1(c2ccccc2C=O)CC1. The topological polar surface area (TPSA) is 17.1 Å². The van der Waals surface area contributed by atoms with E-state index >= 15 is 0 Å². The van der Waals surface area contributed by atoms with Gasteiger partial charge in [0.05, 0.1) is 0 Å². The Labute approximate surface area is 89.3 Å². The Kier molecular flexibility index (Phi) is 2.18. The van der Waals surface area contributed by atoms with Crippen molar-refractivity contribution < 1.29 is 9.18 Å². The third-order valence-electron chi connectivity index (χ3n) is 3.49. The summed E-state index contributed by atoms with van der Waals surface area (Å²) in [4.78, 5) is 10.9. The second-order valence-corrected chi connectivity index (χ2v) is 4.76. The first-order chi connectivity index (χ1) is 7.01. The lowest BCUT2D eigenvalue weighted by Crippen LogP contribution is -2.32. The monoisotopic (exact) mass is 206 g/mol. The molecule has 0 unspecified atom stereocenters. The zero-order valence-electron chi connectivity index (χ0n) is 9.09. The maximum Gasteiger partial charge on any atom is 0.150 e. The van der Waals surface area contributed by atoms with Gasteiger partial charge in [-0.2, -0.15) is 0 Å². The summed E-state index contributed by atoms with van der Waals surface area (Å²) in [7, 11) is 0. The van der Waals surface area contributed by atoms with E-state index < -0.39 is 11.1 Å². The molecular weight excluding hydrogens is 191 g/mol. The van der Waals surface area contributed by atoms with Crippen molar-refractivity contribution in [3.8, 4) is 0 Å². The molecule has 0 amide bonds. The smallest absolute Gasteiger partial charge is 0.150 e. The van der Waals surface area contributed by atoms with E-state index in [1.54, 1.807) is 19.9 Å². The fourth-order valence-corrected chi connectivity index (χ4v) is 2.34. The fourth-order valence-electron chi connectivity index (χ4n) is 2.34. The van der Waals surface area contributed by atoms with Gasteiger partial charge < -0.3 is 0 Å². The van der Waals surface area contributed by atoms with Crippen LogP contribution in [0.1, 0.15) is 42.6 Å². The quantitative estimate of drug-likeness (QED) is 0.693. The summed E-state index contributed by atoms with van der Waals surface area (Å²) in [5, 5.41) is 0. The molecule has 0 heterocycles. The van der Waals surface area contributed by atoms with Crippen LogP contribution >= 0.6 is 0 Å². The van der Waals surface area contributed by atoms with Gasteiger partial charge in [-0.25, -0.2) is 4.39 Å². The highest BCUT2D eigenvalue weighted by molar-refractivity contribution is 5.78. The molecule has 2 heteroatoms. The van der Waals surface area contributed by atoms with Crippen LogP contribution in [0.2, 0.25) is 0 Å². The number of halogens is 1. The van der Waals surface area contributed by atoms with Crippen molar-refractivity contribution >= 4 is 6.29 Å². The van der Waals surface area contributed by atoms with E-state index in [9.17, 15) is 9.18 Å². The maximum absolute atomic E-state index is 14.1. The summed E-state index contributed by atoms with van der Waals surface area (Å²) in [6.07, 6.45) is 2.49. The minimum Gasteiger partial charge on any atom is -0.298 e. The van der Waals surface area contributed by atoms with Crippen LogP contribution in [-0.4, -0.2) is 12.0 Å². The molecule has 1 aliphatic rings. The van der Waals surface area contributed by atoms with Gasteiger partial charge in [-0.1, -0.05) is 24.3 Å². The Morgan fingerprint density at radius 1 is 1.33 bits per heavy atom. The van der Waals surface area contributed by atoms with E-state index in [1.165, 1.54) is 0 Å². The third kappa shape index (κ3) is 1.48. The predicted octanol–water partition coefficient (Wildman–Crippen LogP) is 3.28. The Bertz CT molecular complexity index is 386. The summed E-state index contributed by atoms with van der Waals surface area (Å²) >= 11 is 0. The highest BCUT2D eigenvalue weighted by Gasteiger charge is 2.57. The third-order valence-corrected chi connectivity index (χ3v) is 3.49. The first kappa shape index (κ1) is 10.3. The first-order valence-electron chi connectivity index (χ1n) is 5.25. The normalized spacial score (nSPS) is 18.6. The highest BCUT2D eigenvalue weighted by Crippen LogP contribution is 2.57. The summed E-state index contributed by atoms with van der Waals surface area (Å²) in [6.45, 7) is 3.20. The number of carbonyl (C=O) groups excluding carboxylic acids is 1. The molecule has 1 aromatic rings. The van der Waals surface area contributed by atoms with Crippen molar-refractivity contribution in [2.24, 2.45) is 0 Å². The number of carbonyl (C=O) groups is 1. The van der Waals surface area contributed by atoms with E-state index in [0.29, 0.717) is 5.56 Å². The second-order valence-electron chi connectivity index (χ2n) is 4.76. The lowest BCUT2D eigenvalue weighted by molar-refractivity contribution is 0.111. The Balaban J connectivity index is 2.50. The number of alkyl halides is 1. The Morgan fingerprint density at radius 2 is 1.93 bits per heavy atom. The van der Waals surface area contributed by atoms with Crippen LogP contribution in [0.15, 0.2) is 24.3 Å². The number of benzene rings is 1. The van der Waals surface area contributed by atoms with Crippen LogP contribution in [0.3, 0.4) is 0 Å². The average Bonchev–Trinajstić information content (AvgIpc) is 2.97. The van der Waals surface area contributed by atoms with Gasteiger partial charge in [0.1, 0.15) is 12.0 Å². The molecule has 0 spiro atoms. The molecule has 1 saturated carbocycles. The molecule has 0 atom stereocenters. The van der Waals surface area contributed by atoms with Gasteiger partial charge in [0.15, 0.2) is 0 Å². The van der Waals surface area contributed by atoms with Crippen molar-refractivity contribution in [2.75, 3.05) is 0 Å². The van der Waals surface area contributed by atoms with Crippen molar-refractivity contribution in [1.29, 1.82) is 0 Å². The van der Waals surface area contributed by atoms with Gasteiger partial charge in [0.25, 0.3) is 0 Å². The molecule has 0 N–H and O–H groups in total. The first-order valence-corrected chi connectivity index (χ1v) is 5.25. The number of hydrogen-bond donors (Lipinski definition) is 0. The van der Waals surface area contributed by atoms with Gasteiger partial charge in [-0.15, -0.1) is 0 Å². The number of rotatable bonds is 3.